The van der Waals surface area contributed by atoms with E-state index < -0.39 is 34.8 Å². The lowest BCUT2D eigenvalue weighted by Gasteiger charge is -2.22. The first kappa shape index (κ1) is 24.3. The van der Waals surface area contributed by atoms with Gasteiger partial charge in [-0.25, -0.2) is 4.79 Å². The van der Waals surface area contributed by atoms with E-state index in [4.69, 9.17) is 9.47 Å². The Morgan fingerprint density at radius 3 is 2.25 bits per heavy atom. The molecule has 0 heterocycles. The van der Waals surface area contributed by atoms with Crippen LogP contribution < -0.4 is 15.4 Å². The summed E-state index contributed by atoms with van der Waals surface area (Å²) in [5.41, 5.74) is 0.976. The minimum absolute atomic E-state index is 0.110. The zero-order chi connectivity index (χ0) is 23.7. The van der Waals surface area contributed by atoms with Gasteiger partial charge >= 0.3 is 5.97 Å². The fourth-order valence-electron chi connectivity index (χ4n) is 3.17. The van der Waals surface area contributed by atoms with Crippen LogP contribution in [0.25, 0.3) is 0 Å². The Hall–Kier alpha value is -3.95. The first-order valence-electron chi connectivity index (χ1n) is 9.75. The molecule has 0 saturated heterocycles. The normalized spacial score (nSPS) is 12.2. The van der Waals surface area contributed by atoms with E-state index in [0.717, 1.165) is 5.56 Å². The van der Waals surface area contributed by atoms with Crippen molar-refractivity contribution in [1.29, 1.82) is 0 Å². The molecule has 0 aliphatic heterocycles. The summed E-state index contributed by atoms with van der Waals surface area (Å²) in [5.74, 6) is -1.42. The van der Waals surface area contributed by atoms with Crippen LogP contribution in [0.5, 0.6) is 5.75 Å². The van der Waals surface area contributed by atoms with Crippen molar-refractivity contribution < 1.29 is 28.8 Å². The van der Waals surface area contributed by atoms with Crippen LogP contribution in [0.1, 0.15) is 18.1 Å². The summed E-state index contributed by atoms with van der Waals surface area (Å²) < 4.78 is 10.0. The molecule has 0 bridgehead atoms. The average molecular weight is 443 g/mol. The van der Waals surface area contributed by atoms with Gasteiger partial charge in [0.25, 0.3) is 5.69 Å². The molecule has 32 heavy (non-hydrogen) atoms. The Labute approximate surface area is 185 Å². The number of ether oxygens (including phenoxy) is 2. The highest BCUT2D eigenvalue weighted by molar-refractivity contribution is 5.90. The maximum absolute atomic E-state index is 13.0. The number of carbonyl (C=O) groups excluding carboxylic acids is 3. The highest BCUT2D eigenvalue weighted by Crippen LogP contribution is 2.25. The number of methoxy groups -OCH3 is 2. The number of non-ortho nitro benzene ring substituents is 1. The van der Waals surface area contributed by atoms with Gasteiger partial charge in [0.15, 0.2) is 0 Å². The zero-order valence-electron chi connectivity index (χ0n) is 18.0. The summed E-state index contributed by atoms with van der Waals surface area (Å²) in [7, 11) is 2.56. The number of rotatable bonds is 10. The molecule has 2 rings (SSSR count). The number of amides is 2. The van der Waals surface area contributed by atoms with E-state index >= 15 is 0 Å². The van der Waals surface area contributed by atoms with E-state index in [1.807, 2.05) is 30.3 Å². The van der Waals surface area contributed by atoms with Crippen LogP contribution in [-0.4, -0.2) is 49.0 Å². The summed E-state index contributed by atoms with van der Waals surface area (Å²) in [6, 6.07) is 11.0. The second kappa shape index (κ2) is 11.4. The molecule has 10 nitrogen and oxygen atoms in total. The lowest BCUT2D eigenvalue weighted by molar-refractivity contribution is -0.384. The smallest absolute Gasteiger partial charge is 0.328 e. The molecule has 0 aliphatic rings. The topological polar surface area (TPSA) is 137 Å². The molecule has 2 N–H and O–H groups in total. The van der Waals surface area contributed by atoms with E-state index in [1.54, 1.807) is 0 Å². The standard InChI is InChI=1S/C22H25N3O7/c1-14(26)23-18(11-15-7-5-4-6-8-15)21(27)24-19(22(28)32-3)13-16-12-17(25(29)30)9-10-20(16)31-2/h4-10,12,18-19H,11,13H2,1-3H3,(H,23,26)(H,24,27)/t18-,19+/m0/s1. The maximum atomic E-state index is 13.0. The molecule has 0 fully saturated rings. The Morgan fingerprint density at radius 1 is 1.00 bits per heavy atom. The minimum Gasteiger partial charge on any atom is -0.496 e. The Kier molecular flexibility index (Phi) is 8.70. The van der Waals surface area contributed by atoms with Crippen LogP contribution in [0, 0.1) is 10.1 Å². The van der Waals surface area contributed by atoms with Crippen molar-refractivity contribution in [3.8, 4) is 5.75 Å². The SMILES string of the molecule is COC(=O)[C@@H](Cc1cc([N+](=O)[O-])ccc1OC)NC(=O)[C@H](Cc1ccccc1)NC(C)=O. The molecular weight excluding hydrogens is 418 g/mol. The monoisotopic (exact) mass is 443 g/mol. The highest BCUT2D eigenvalue weighted by Gasteiger charge is 2.28. The van der Waals surface area contributed by atoms with Crippen molar-refractivity contribution in [3.63, 3.8) is 0 Å². The number of esters is 1. The van der Waals surface area contributed by atoms with Gasteiger partial charge in [0.05, 0.1) is 19.1 Å². The quantitative estimate of drug-likeness (QED) is 0.323. The number of carbonyl (C=O) groups is 3. The van der Waals surface area contributed by atoms with Crippen molar-refractivity contribution in [2.75, 3.05) is 14.2 Å². The predicted octanol–water partition coefficient (Wildman–Crippen LogP) is 1.55. The van der Waals surface area contributed by atoms with Gasteiger partial charge in [-0.15, -0.1) is 0 Å². The van der Waals surface area contributed by atoms with Crippen LogP contribution in [0.15, 0.2) is 48.5 Å². The van der Waals surface area contributed by atoms with Crippen molar-refractivity contribution in [3.05, 3.63) is 69.8 Å². The summed E-state index contributed by atoms with van der Waals surface area (Å²) in [6.07, 6.45) is 0.0989. The third-order valence-electron chi connectivity index (χ3n) is 4.68. The molecule has 170 valence electrons. The van der Waals surface area contributed by atoms with E-state index in [0.29, 0.717) is 11.3 Å². The van der Waals surface area contributed by atoms with Gasteiger partial charge in [-0.3, -0.25) is 19.7 Å². The molecule has 0 aliphatic carbocycles. The second-order valence-corrected chi connectivity index (χ2v) is 6.98. The molecule has 0 radical (unpaired) electrons. The number of nitrogens with zero attached hydrogens (tertiary/aromatic N) is 1. The van der Waals surface area contributed by atoms with Gasteiger partial charge in [0.1, 0.15) is 17.8 Å². The molecule has 2 amide bonds. The number of hydrogen-bond acceptors (Lipinski definition) is 7. The van der Waals surface area contributed by atoms with Gasteiger partial charge < -0.3 is 20.1 Å². The molecule has 2 aromatic carbocycles. The van der Waals surface area contributed by atoms with Crippen LogP contribution >= 0.6 is 0 Å². The first-order chi connectivity index (χ1) is 15.2. The Morgan fingerprint density at radius 2 is 1.69 bits per heavy atom. The molecule has 0 saturated carbocycles. The third-order valence-corrected chi connectivity index (χ3v) is 4.68. The number of nitro groups is 1. The second-order valence-electron chi connectivity index (χ2n) is 6.98. The Bertz CT molecular complexity index is 979. The van der Waals surface area contributed by atoms with Gasteiger partial charge in [-0.05, 0) is 11.6 Å². The number of nitrogens with one attached hydrogen (secondary N) is 2. The summed E-state index contributed by atoms with van der Waals surface area (Å²) in [5, 5.41) is 16.3. The number of benzene rings is 2. The summed E-state index contributed by atoms with van der Waals surface area (Å²) in [6.45, 7) is 1.29. The first-order valence-corrected chi connectivity index (χ1v) is 9.75. The van der Waals surface area contributed by atoms with Crippen LogP contribution in [-0.2, 0) is 32.0 Å². The van der Waals surface area contributed by atoms with Crippen molar-refractivity contribution >= 4 is 23.5 Å². The molecule has 0 unspecified atom stereocenters. The maximum Gasteiger partial charge on any atom is 0.328 e. The molecule has 2 atom stereocenters. The van der Waals surface area contributed by atoms with Crippen LogP contribution in [0.4, 0.5) is 5.69 Å². The van der Waals surface area contributed by atoms with E-state index in [2.05, 4.69) is 10.6 Å². The lowest BCUT2D eigenvalue weighted by atomic mass is 10.0. The fraction of sp³-hybridized carbons (Fsp3) is 0.318. The van der Waals surface area contributed by atoms with E-state index in [1.165, 1.54) is 39.3 Å². The van der Waals surface area contributed by atoms with Gasteiger partial charge in [0.2, 0.25) is 11.8 Å². The molecular formula is C22H25N3O7. The summed E-state index contributed by atoms with van der Waals surface area (Å²) in [4.78, 5) is 47.5. The largest absolute Gasteiger partial charge is 0.496 e. The van der Waals surface area contributed by atoms with Crippen molar-refractivity contribution in [2.45, 2.75) is 31.8 Å². The number of nitro benzene ring substituents is 1. The van der Waals surface area contributed by atoms with E-state index in [9.17, 15) is 24.5 Å². The fourth-order valence-corrected chi connectivity index (χ4v) is 3.17. The Balaban J connectivity index is 2.27. The molecule has 0 aromatic heterocycles. The van der Waals surface area contributed by atoms with Crippen molar-refractivity contribution in [2.24, 2.45) is 0 Å². The summed E-state index contributed by atoms with van der Waals surface area (Å²) >= 11 is 0. The molecule has 0 spiro atoms. The van der Waals surface area contributed by atoms with Gasteiger partial charge in [0, 0.05) is 37.5 Å². The van der Waals surface area contributed by atoms with E-state index in [-0.39, 0.29) is 18.5 Å². The van der Waals surface area contributed by atoms with Crippen molar-refractivity contribution in [1.82, 2.24) is 10.6 Å². The minimum atomic E-state index is -1.16. The number of hydrogen-bond donors (Lipinski definition) is 2. The highest BCUT2D eigenvalue weighted by atomic mass is 16.6. The van der Waals surface area contributed by atoms with Gasteiger partial charge in [-0.1, -0.05) is 30.3 Å². The average Bonchev–Trinajstić information content (AvgIpc) is 2.77. The van der Waals surface area contributed by atoms with Crippen LogP contribution in [0.3, 0.4) is 0 Å². The third kappa shape index (κ3) is 6.79. The van der Waals surface area contributed by atoms with Gasteiger partial charge in [-0.2, -0.15) is 0 Å². The zero-order valence-corrected chi connectivity index (χ0v) is 18.0. The van der Waals surface area contributed by atoms with Crippen LogP contribution in [0.2, 0.25) is 0 Å². The lowest BCUT2D eigenvalue weighted by Crippen LogP contribution is -2.53. The molecule has 2 aromatic rings. The predicted molar refractivity (Wildman–Crippen MR) is 115 cm³/mol. The molecule has 10 heteroatoms.